The number of carbonyl (C=O) groups excluding carboxylic acids is 2. The predicted octanol–water partition coefficient (Wildman–Crippen LogP) is 0.715. The molecule has 1 aliphatic heterocycles. The minimum absolute atomic E-state index is 0.0631. The van der Waals surface area contributed by atoms with Crippen molar-refractivity contribution in [1.29, 1.82) is 0 Å². The van der Waals surface area contributed by atoms with Gasteiger partial charge in [-0.3, -0.25) is 14.3 Å². The largest absolute Gasteiger partial charge is 0.353 e. The zero-order valence-corrected chi connectivity index (χ0v) is 12.5. The van der Waals surface area contributed by atoms with Crippen LogP contribution in [0.4, 0.5) is 0 Å². The van der Waals surface area contributed by atoms with Gasteiger partial charge in [-0.05, 0) is 19.3 Å². The van der Waals surface area contributed by atoms with E-state index < -0.39 is 6.04 Å². The Labute approximate surface area is 119 Å². The van der Waals surface area contributed by atoms with Gasteiger partial charge in [0, 0.05) is 31.9 Å². The molecule has 6 heteroatoms. The molecule has 0 spiro atoms. The molecule has 0 bridgehead atoms. The average Bonchev–Trinajstić information content (AvgIpc) is 2.70. The SMILES string of the molecule is Cc1cn(C)nc1C(=O)N1CCNC(=O)C1CC(C)C. The van der Waals surface area contributed by atoms with Crippen molar-refractivity contribution < 1.29 is 9.59 Å². The highest BCUT2D eigenvalue weighted by atomic mass is 16.2. The van der Waals surface area contributed by atoms with E-state index in [2.05, 4.69) is 24.3 Å². The smallest absolute Gasteiger partial charge is 0.275 e. The van der Waals surface area contributed by atoms with Gasteiger partial charge in [-0.2, -0.15) is 5.10 Å². The van der Waals surface area contributed by atoms with Gasteiger partial charge in [0.25, 0.3) is 5.91 Å². The van der Waals surface area contributed by atoms with Gasteiger partial charge >= 0.3 is 0 Å². The van der Waals surface area contributed by atoms with Crippen molar-refractivity contribution in [3.8, 4) is 0 Å². The van der Waals surface area contributed by atoms with Crippen LogP contribution in [-0.2, 0) is 11.8 Å². The van der Waals surface area contributed by atoms with Crippen molar-refractivity contribution in [2.75, 3.05) is 13.1 Å². The predicted molar refractivity (Wildman–Crippen MR) is 75.2 cm³/mol. The zero-order valence-electron chi connectivity index (χ0n) is 12.5. The van der Waals surface area contributed by atoms with E-state index in [9.17, 15) is 9.59 Å². The number of aromatic nitrogens is 2. The molecule has 6 nitrogen and oxygen atoms in total. The van der Waals surface area contributed by atoms with E-state index in [-0.39, 0.29) is 11.8 Å². The van der Waals surface area contributed by atoms with Crippen LogP contribution in [-0.4, -0.2) is 45.6 Å². The average molecular weight is 278 g/mol. The first-order chi connectivity index (χ1) is 9.40. The Morgan fingerprint density at radius 2 is 2.25 bits per heavy atom. The van der Waals surface area contributed by atoms with Gasteiger partial charge in [0.15, 0.2) is 5.69 Å². The number of amides is 2. The molecular formula is C14H22N4O2. The summed E-state index contributed by atoms with van der Waals surface area (Å²) in [6.07, 6.45) is 2.48. The highest BCUT2D eigenvalue weighted by Gasteiger charge is 2.35. The lowest BCUT2D eigenvalue weighted by atomic mass is 9.99. The monoisotopic (exact) mass is 278 g/mol. The van der Waals surface area contributed by atoms with E-state index in [0.717, 1.165) is 5.56 Å². The molecule has 1 aromatic heterocycles. The lowest BCUT2D eigenvalue weighted by Gasteiger charge is -2.35. The minimum atomic E-state index is -0.391. The molecule has 1 aliphatic rings. The summed E-state index contributed by atoms with van der Waals surface area (Å²) in [6.45, 7) is 7.01. The summed E-state index contributed by atoms with van der Waals surface area (Å²) in [7, 11) is 1.79. The fourth-order valence-corrected chi connectivity index (χ4v) is 2.59. The molecule has 1 N–H and O–H groups in total. The van der Waals surface area contributed by atoms with Crippen LogP contribution in [0.5, 0.6) is 0 Å². The first-order valence-corrected chi connectivity index (χ1v) is 6.99. The second-order valence-electron chi connectivity index (χ2n) is 5.77. The van der Waals surface area contributed by atoms with E-state index in [1.165, 1.54) is 0 Å². The maximum atomic E-state index is 12.6. The molecule has 0 radical (unpaired) electrons. The third-order valence-corrected chi connectivity index (χ3v) is 3.50. The fourth-order valence-electron chi connectivity index (χ4n) is 2.59. The molecule has 1 aromatic rings. The number of rotatable bonds is 3. The van der Waals surface area contributed by atoms with E-state index in [4.69, 9.17) is 0 Å². The topological polar surface area (TPSA) is 67.2 Å². The second kappa shape index (κ2) is 5.64. The number of carbonyl (C=O) groups is 2. The lowest BCUT2D eigenvalue weighted by Crippen LogP contribution is -2.57. The summed E-state index contributed by atoms with van der Waals surface area (Å²) in [5.74, 6) is 0.138. The molecule has 1 saturated heterocycles. The summed E-state index contributed by atoms with van der Waals surface area (Å²) in [4.78, 5) is 26.3. The van der Waals surface area contributed by atoms with Gasteiger partial charge in [-0.15, -0.1) is 0 Å². The van der Waals surface area contributed by atoms with Crippen molar-refractivity contribution in [3.63, 3.8) is 0 Å². The number of hydrogen-bond acceptors (Lipinski definition) is 3. The van der Waals surface area contributed by atoms with Gasteiger partial charge in [-0.25, -0.2) is 0 Å². The molecule has 0 aromatic carbocycles. The number of nitrogens with zero attached hydrogens (tertiary/aromatic N) is 3. The van der Waals surface area contributed by atoms with Crippen LogP contribution >= 0.6 is 0 Å². The molecule has 1 atom stereocenters. The van der Waals surface area contributed by atoms with E-state index in [1.807, 2.05) is 13.1 Å². The third-order valence-electron chi connectivity index (χ3n) is 3.50. The van der Waals surface area contributed by atoms with Crippen LogP contribution in [0.25, 0.3) is 0 Å². The Balaban J connectivity index is 2.25. The van der Waals surface area contributed by atoms with E-state index in [1.54, 1.807) is 16.6 Å². The molecule has 20 heavy (non-hydrogen) atoms. The van der Waals surface area contributed by atoms with Crippen molar-refractivity contribution in [2.24, 2.45) is 13.0 Å². The highest BCUT2D eigenvalue weighted by Crippen LogP contribution is 2.18. The van der Waals surface area contributed by atoms with Crippen LogP contribution in [0.3, 0.4) is 0 Å². The van der Waals surface area contributed by atoms with Gasteiger partial charge in [0.2, 0.25) is 5.91 Å². The van der Waals surface area contributed by atoms with Crippen LogP contribution in [0, 0.1) is 12.8 Å². The first kappa shape index (κ1) is 14.6. The van der Waals surface area contributed by atoms with E-state index >= 15 is 0 Å². The van der Waals surface area contributed by atoms with Crippen LogP contribution in [0.2, 0.25) is 0 Å². The van der Waals surface area contributed by atoms with Crippen molar-refractivity contribution in [3.05, 3.63) is 17.5 Å². The Kier molecular flexibility index (Phi) is 4.11. The Morgan fingerprint density at radius 1 is 1.55 bits per heavy atom. The molecule has 2 amide bonds. The van der Waals surface area contributed by atoms with Gasteiger partial charge in [0.1, 0.15) is 6.04 Å². The quantitative estimate of drug-likeness (QED) is 0.885. The molecule has 0 saturated carbocycles. The van der Waals surface area contributed by atoms with Crippen molar-refractivity contribution in [1.82, 2.24) is 20.0 Å². The third kappa shape index (κ3) is 2.84. The summed E-state index contributed by atoms with van der Waals surface area (Å²) >= 11 is 0. The van der Waals surface area contributed by atoms with Crippen molar-refractivity contribution >= 4 is 11.8 Å². The Morgan fingerprint density at radius 3 is 2.80 bits per heavy atom. The van der Waals surface area contributed by atoms with Gasteiger partial charge in [-0.1, -0.05) is 13.8 Å². The Hall–Kier alpha value is -1.85. The molecular weight excluding hydrogens is 256 g/mol. The van der Waals surface area contributed by atoms with Crippen molar-refractivity contribution in [2.45, 2.75) is 33.2 Å². The van der Waals surface area contributed by atoms with Crippen LogP contribution < -0.4 is 5.32 Å². The molecule has 2 rings (SSSR count). The molecule has 2 heterocycles. The lowest BCUT2D eigenvalue weighted by molar-refractivity contribution is -0.128. The minimum Gasteiger partial charge on any atom is -0.353 e. The number of piperazine rings is 1. The summed E-state index contributed by atoms with van der Waals surface area (Å²) < 4.78 is 1.63. The standard InChI is InChI=1S/C14H22N4O2/c1-9(2)7-11-13(19)15-5-6-18(11)14(20)12-10(3)8-17(4)16-12/h8-9,11H,5-7H2,1-4H3,(H,15,19). The maximum Gasteiger partial charge on any atom is 0.275 e. The molecule has 1 unspecified atom stereocenters. The summed E-state index contributed by atoms with van der Waals surface area (Å²) in [5, 5.41) is 7.05. The van der Waals surface area contributed by atoms with Gasteiger partial charge < -0.3 is 10.2 Å². The van der Waals surface area contributed by atoms with E-state index in [0.29, 0.717) is 31.1 Å². The molecule has 110 valence electrons. The fraction of sp³-hybridized carbons (Fsp3) is 0.643. The van der Waals surface area contributed by atoms with Gasteiger partial charge in [0.05, 0.1) is 0 Å². The molecule has 1 fully saturated rings. The normalized spacial score (nSPS) is 19.4. The van der Waals surface area contributed by atoms with Crippen LogP contribution in [0.15, 0.2) is 6.20 Å². The summed E-state index contributed by atoms with van der Waals surface area (Å²) in [5.41, 5.74) is 1.28. The zero-order chi connectivity index (χ0) is 14.9. The first-order valence-electron chi connectivity index (χ1n) is 6.99. The highest BCUT2D eigenvalue weighted by molar-refractivity contribution is 5.97. The number of aryl methyl sites for hydroxylation is 2. The second-order valence-corrected chi connectivity index (χ2v) is 5.77. The maximum absolute atomic E-state index is 12.6. The number of hydrogen-bond donors (Lipinski definition) is 1. The number of nitrogens with one attached hydrogen (secondary N) is 1. The molecule has 0 aliphatic carbocycles. The summed E-state index contributed by atoms with van der Waals surface area (Å²) in [6, 6.07) is -0.391. The van der Waals surface area contributed by atoms with Crippen LogP contribution in [0.1, 0.15) is 36.3 Å². The Bertz CT molecular complexity index is 521.